The monoisotopic (exact) mass is 296 g/mol. The predicted octanol–water partition coefficient (Wildman–Crippen LogP) is 3.40. The molecule has 0 amide bonds. The normalized spacial score (nSPS) is 15.7. The second-order valence-electron chi connectivity index (χ2n) is 5.80. The van der Waals surface area contributed by atoms with Gasteiger partial charge in [-0.05, 0) is 44.0 Å². The number of nitriles is 1. The summed E-state index contributed by atoms with van der Waals surface area (Å²) in [5.41, 5.74) is 1.87. The summed E-state index contributed by atoms with van der Waals surface area (Å²) >= 11 is 0. The Labute approximate surface area is 130 Å². The molecule has 0 N–H and O–H groups in total. The van der Waals surface area contributed by atoms with Crippen molar-refractivity contribution in [2.24, 2.45) is 0 Å². The number of benzene rings is 1. The van der Waals surface area contributed by atoms with Gasteiger partial charge in [-0.1, -0.05) is 24.2 Å². The molecule has 0 spiro atoms. The van der Waals surface area contributed by atoms with Crippen LogP contribution in [0.3, 0.4) is 0 Å². The molecule has 1 fully saturated rings. The van der Waals surface area contributed by atoms with Gasteiger partial charge in [0.15, 0.2) is 5.82 Å². The molecular weight excluding hydrogens is 276 g/mol. The van der Waals surface area contributed by atoms with Gasteiger partial charge in [-0.2, -0.15) is 10.2 Å². The lowest BCUT2D eigenvalue weighted by molar-refractivity contribution is 0.204. The van der Waals surface area contributed by atoms with Gasteiger partial charge in [0.1, 0.15) is 0 Å². The Morgan fingerprint density at radius 1 is 1.36 bits per heavy atom. The van der Waals surface area contributed by atoms with E-state index in [1.807, 2.05) is 24.3 Å². The maximum atomic E-state index is 8.88. The minimum atomic E-state index is 0.237. The lowest BCUT2D eigenvalue weighted by Crippen LogP contribution is -2.26. The Balaban J connectivity index is 1.69. The third-order valence-electron chi connectivity index (χ3n) is 4.23. The van der Waals surface area contributed by atoms with E-state index in [1.165, 1.54) is 18.4 Å². The fourth-order valence-corrected chi connectivity index (χ4v) is 2.58. The summed E-state index contributed by atoms with van der Waals surface area (Å²) in [6.07, 6.45) is 2.33. The van der Waals surface area contributed by atoms with E-state index in [1.54, 1.807) is 0 Å². The van der Waals surface area contributed by atoms with Crippen LogP contribution in [0.1, 0.15) is 61.5 Å². The summed E-state index contributed by atoms with van der Waals surface area (Å²) in [6.45, 7) is 5.86. The molecule has 1 aromatic carbocycles. The summed E-state index contributed by atoms with van der Waals surface area (Å²) < 4.78 is 5.33. The van der Waals surface area contributed by atoms with Crippen molar-refractivity contribution in [1.29, 1.82) is 5.26 Å². The third kappa shape index (κ3) is 3.18. The second-order valence-corrected chi connectivity index (χ2v) is 5.80. The summed E-state index contributed by atoms with van der Waals surface area (Å²) in [7, 11) is 0. The Morgan fingerprint density at radius 3 is 2.68 bits per heavy atom. The Kier molecular flexibility index (Phi) is 4.21. The van der Waals surface area contributed by atoms with Crippen LogP contribution < -0.4 is 0 Å². The van der Waals surface area contributed by atoms with E-state index >= 15 is 0 Å². The zero-order valence-electron chi connectivity index (χ0n) is 13.0. The molecule has 0 radical (unpaired) electrons. The smallest absolute Gasteiger partial charge is 0.229 e. The molecule has 0 bridgehead atoms. The number of nitrogens with zero attached hydrogens (tertiary/aromatic N) is 4. The average molecular weight is 296 g/mol. The van der Waals surface area contributed by atoms with Crippen LogP contribution in [0.5, 0.6) is 0 Å². The molecule has 0 saturated heterocycles. The van der Waals surface area contributed by atoms with Gasteiger partial charge in [0.2, 0.25) is 5.89 Å². The first-order valence-corrected chi connectivity index (χ1v) is 7.78. The van der Waals surface area contributed by atoms with Crippen LogP contribution in [0.15, 0.2) is 28.8 Å². The lowest BCUT2D eigenvalue weighted by atomic mass is 10.1. The van der Waals surface area contributed by atoms with Crippen molar-refractivity contribution in [3.63, 3.8) is 0 Å². The van der Waals surface area contributed by atoms with Crippen LogP contribution >= 0.6 is 0 Å². The number of hydrogen-bond donors (Lipinski definition) is 0. The maximum absolute atomic E-state index is 8.88. The maximum Gasteiger partial charge on any atom is 0.229 e. The molecule has 114 valence electrons. The van der Waals surface area contributed by atoms with Crippen molar-refractivity contribution in [3.05, 3.63) is 47.1 Å². The van der Waals surface area contributed by atoms with E-state index < -0.39 is 0 Å². The van der Waals surface area contributed by atoms with Crippen LogP contribution in [-0.4, -0.2) is 21.6 Å². The highest BCUT2D eigenvalue weighted by Crippen LogP contribution is 2.38. The molecule has 1 atom stereocenters. The first kappa shape index (κ1) is 14.7. The molecule has 1 aliphatic carbocycles. The Hall–Kier alpha value is -2.19. The van der Waals surface area contributed by atoms with E-state index in [4.69, 9.17) is 9.78 Å². The summed E-state index contributed by atoms with van der Waals surface area (Å²) in [6, 6.07) is 10.1. The highest BCUT2D eigenvalue weighted by Gasteiger charge is 2.30. The molecule has 5 heteroatoms. The van der Waals surface area contributed by atoms with Crippen LogP contribution in [0.25, 0.3) is 0 Å². The van der Waals surface area contributed by atoms with Crippen LogP contribution in [0.4, 0.5) is 0 Å². The first-order valence-electron chi connectivity index (χ1n) is 7.78. The number of rotatable bonds is 6. The molecule has 0 aliphatic heterocycles. The van der Waals surface area contributed by atoms with Gasteiger partial charge in [-0.25, -0.2) is 0 Å². The SMILES string of the molecule is CCN(Cc1noc(C2CC2)n1)[C@H](C)c1ccc(C#N)cc1. The number of hydrogen-bond acceptors (Lipinski definition) is 5. The highest BCUT2D eigenvalue weighted by atomic mass is 16.5. The molecule has 1 saturated carbocycles. The van der Waals surface area contributed by atoms with E-state index in [9.17, 15) is 0 Å². The largest absolute Gasteiger partial charge is 0.339 e. The van der Waals surface area contributed by atoms with Gasteiger partial charge in [0.25, 0.3) is 0 Å². The Morgan fingerprint density at radius 2 is 2.09 bits per heavy atom. The van der Waals surface area contributed by atoms with Crippen molar-refractivity contribution in [2.45, 2.75) is 45.2 Å². The van der Waals surface area contributed by atoms with Gasteiger partial charge in [0.05, 0.1) is 18.2 Å². The molecule has 2 aromatic rings. The summed E-state index contributed by atoms with van der Waals surface area (Å²) in [5, 5.41) is 13.0. The van der Waals surface area contributed by atoms with E-state index in [0.717, 1.165) is 18.3 Å². The topological polar surface area (TPSA) is 66.0 Å². The van der Waals surface area contributed by atoms with Crippen LogP contribution in [0.2, 0.25) is 0 Å². The quantitative estimate of drug-likeness (QED) is 0.817. The predicted molar refractivity (Wildman–Crippen MR) is 81.9 cm³/mol. The van der Waals surface area contributed by atoms with Gasteiger partial charge >= 0.3 is 0 Å². The summed E-state index contributed by atoms with van der Waals surface area (Å²) in [5.74, 6) is 2.04. The third-order valence-corrected chi connectivity index (χ3v) is 4.23. The van der Waals surface area contributed by atoms with E-state index in [0.29, 0.717) is 18.0 Å². The lowest BCUT2D eigenvalue weighted by Gasteiger charge is -2.26. The highest BCUT2D eigenvalue weighted by molar-refractivity contribution is 5.32. The van der Waals surface area contributed by atoms with Crippen molar-refractivity contribution < 1.29 is 4.52 Å². The van der Waals surface area contributed by atoms with E-state index in [-0.39, 0.29) is 6.04 Å². The average Bonchev–Trinajstić information content (AvgIpc) is 3.31. The van der Waals surface area contributed by atoms with Gasteiger partial charge in [0, 0.05) is 12.0 Å². The molecule has 1 aromatic heterocycles. The second kappa shape index (κ2) is 6.29. The number of aromatic nitrogens is 2. The minimum Gasteiger partial charge on any atom is -0.339 e. The molecular formula is C17H20N4O. The van der Waals surface area contributed by atoms with Gasteiger partial charge in [-0.3, -0.25) is 4.90 Å². The molecule has 22 heavy (non-hydrogen) atoms. The van der Waals surface area contributed by atoms with E-state index in [2.05, 4.69) is 35.0 Å². The first-order chi connectivity index (χ1) is 10.7. The zero-order chi connectivity index (χ0) is 15.5. The van der Waals surface area contributed by atoms with Crippen molar-refractivity contribution in [1.82, 2.24) is 15.0 Å². The van der Waals surface area contributed by atoms with Crippen LogP contribution in [0, 0.1) is 11.3 Å². The summed E-state index contributed by atoms with van der Waals surface area (Å²) in [4.78, 5) is 6.80. The molecule has 3 rings (SSSR count). The molecule has 1 aliphatic rings. The van der Waals surface area contributed by atoms with Crippen molar-refractivity contribution in [2.75, 3.05) is 6.54 Å². The standard InChI is InChI=1S/C17H20N4O/c1-3-21(11-16-19-17(22-20-16)15-8-9-15)12(2)14-6-4-13(10-18)5-7-14/h4-7,12,15H,3,8-9,11H2,1-2H3/t12-/m1/s1. The van der Waals surface area contributed by atoms with Crippen molar-refractivity contribution in [3.8, 4) is 6.07 Å². The van der Waals surface area contributed by atoms with Crippen molar-refractivity contribution >= 4 is 0 Å². The molecule has 1 heterocycles. The fraction of sp³-hybridized carbons (Fsp3) is 0.471. The Bertz CT molecular complexity index is 667. The molecule has 0 unspecified atom stereocenters. The fourth-order valence-electron chi connectivity index (χ4n) is 2.58. The van der Waals surface area contributed by atoms with Gasteiger partial charge in [-0.15, -0.1) is 0 Å². The zero-order valence-corrected chi connectivity index (χ0v) is 13.0. The van der Waals surface area contributed by atoms with Gasteiger partial charge < -0.3 is 4.52 Å². The molecule has 5 nitrogen and oxygen atoms in total. The van der Waals surface area contributed by atoms with Crippen LogP contribution in [-0.2, 0) is 6.54 Å². The minimum absolute atomic E-state index is 0.237.